The number of sulfonamides is 1. The second-order valence-corrected chi connectivity index (χ2v) is 5.71. The summed E-state index contributed by atoms with van der Waals surface area (Å²) in [5.74, 6) is 0.484. The van der Waals surface area contributed by atoms with Gasteiger partial charge in [0.25, 0.3) is 0 Å². The van der Waals surface area contributed by atoms with Gasteiger partial charge in [0.15, 0.2) is 0 Å². The minimum atomic E-state index is -3.25. The first-order valence-electron chi connectivity index (χ1n) is 3.93. The van der Waals surface area contributed by atoms with E-state index in [4.69, 9.17) is 11.6 Å². The molecule has 0 radical (unpaired) electrons. The molecule has 5 heteroatoms. The molecule has 0 aliphatic heterocycles. The van der Waals surface area contributed by atoms with Crippen molar-refractivity contribution in [1.82, 2.24) is 4.72 Å². The Kier molecular flexibility index (Phi) is 5.13. The second-order valence-electron chi connectivity index (χ2n) is 3.37. The first kappa shape index (κ1) is 12.2. The lowest BCUT2D eigenvalue weighted by atomic mass is 10.1. The van der Waals surface area contributed by atoms with Crippen molar-refractivity contribution < 1.29 is 8.42 Å². The van der Waals surface area contributed by atoms with Gasteiger partial charge in [-0.05, 0) is 19.3 Å². The van der Waals surface area contributed by atoms with E-state index in [0.29, 0.717) is 5.92 Å². The number of nitrogens with one attached hydrogen (secondary N) is 1. The van der Waals surface area contributed by atoms with Crippen LogP contribution in [0.3, 0.4) is 0 Å². The van der Waals surface area contributed by atoms with Crippen LogP contribution in [0.15, 0.2) is 0 Å². The summed E-state index contributed by atoms with van der Waals surface area (Å²) < 4.78 is 24.4. The topological polar surface area (TPSA) is 46.2 Å². The predicted molar refractivity (Wildman–Crippen MR) is 51.7 cm³/mol. The van der Waals surface area contributed by atoms with E-state index in [0.717, 1.165) is 6.42 Å². The molecule has 0 bridgehead atoms. The van der Waals surface area contributed by atoms with Crippen LogP contribution in [0.4, 0.5) is 0 Å². The normalized spacial score (nSPS) is 15.1. The van der Waals surface area contributed by atoms with Gasteiger partial charge >= 0.3 is 0 Å². The van der Waals surface area contributed by atoms with Gasteiger partial charge < -0.3 is 0 Å². The molecular formula is C7H16ClNO2S. The van der Waals surface area contributed by atoms with E-state index in [-0.39, 0.29) is 11.3 Å². The number of hydrogen-bond donors (Lipinski definition) is 1. The molecule has 1 unspecified atom stereocenters. The number of halogens is 1. The van der Waals surface area contributed by atoms with E-state index >= 15 is 0 Å². The van der Waals surface area contributed by atoms with Crippen LogP contribution in [0.1, 0.15) is 27.2 Å². The molecule has 3 nitrogen and oxygen atoms in total. The van der Waals surface area contributed by atoms with E-state index in [1.807, 2.05) is 20.8 Å². The average Bonchev–Trinajstić information content (AvgIpc) is 1.84. The first-order chi connectivity index (χ1) is 5.37. The highest BCUT2D eigenvalue weighted by Gasteiger charge is 2.13. The van der Waals surface area contributed by atoms with Crippen LogP contribution >= 0.6 is 11.6 Å². The molecule has 0 aromatic heterocycles. The van der Waals surface area contributed by atoms with Crippen molar-refractivity contribution in [3.8, 4) is 0 Å². The fourth-order valence-corrected chi connectivity index (χ4v) is 2.05. The van der Waals surface area contributed by atoms with Gasteiger partial charge in [-0.15, -0.1) is 11.6 Å². The monoisotopic (exact) mass is 213 g/mol. The molecule has 0 fully saturated rings. The Labute approximate surface area is 79.5 Å². The van der Waals surface area contributed by atoms with E-state index in [1.54, 1.807) is 0 Å². The van der Waals surface area contributed by atoms with E-state index < -0.39 is 10.0 Å². The Hall–Kier alpha value is 0.200. The summed E-state index contributed by atoms with van der Waals surface area (Å²) in [5.41, 5.74) is 0. The minimum absolute atomic E-state index is 0.0336. The number of alkyl halides is 1. The van der Waals surface area contributed by atoms with E-state index in [2.05, 4.69) is 4.72 Å². The molecule has 0 spiro atoms. The fraction of sp³-hybridized carbons (Fsp3) is 1.00. The molecular weight excluding hydrogens is 198 g/mol. The fourth-order valence-electron chi connectivity index (χ4n) is 1.09. The Balaban J connectivity index is 3.93. The van der Waals surface area contributed by atoms with E-state index in [9.17, 15) is 8.42 Å². The van der Waals surface area contributed by atoms with Crippen LogP contribution in [-0.4, -0.2) is 19.7 Å². The van der Waals surface area contributed by atoms with Crippen LogP contribution < -0.4 is 4.72 Å². The molecule has 1 atom stereocenters. The SMILES string of the molecule is CC(C)CC(C)NS(=O)(=O)CCl. The van der Waals surface area contributed by atoms with Gasteiger partial charge in [0.05, 0.1) is 0 Å². The lowest BCUT2D eigenvalue weighted by Crippen LogP contribution is -2.34. The summed E-state index contributed by atoms with van der Waals surface area (Å²) in [5, 5.41) is -0.366. The van der Waals surface area contributed by atoms with Crippen LogP contribution in [-0.2, 0) is 10.0 Å². The molecule has 0 saturated heterocycles. The molecule has 0 aromatic rings. The Morgan fingerprint density at radius 3 is 2.17 bits per heavy atom. The highest BCUT2D eigenvalue weighted by atomic mass is 35.5. The molecule has 0 aromatic carbocycles. The summed E-state index contributed by atoms with van der Waals surface area (Å²) in [6.07, 6.45) is 0.829. The third-order valence-corrected chi connectivity index (χ3v) is 3.26. The molecule has 0 saturated carbocycles. The van der Waals surface area contributed by atoms with Crippen molar-refractivity contribution in [2.75, 3.05) is 5.21 Å². The average molecular weight is 214 g/mol. The highest BCUT2D eigenvalue weighted by Crippen LogP contribution is 2.05. The van der Waals surface area contributed by atoms with Gasteiger partial charge in [0, 0.05) is 6.04 Å². The number of hydrogen-bond acceptors (Lipinski definition) is 2. The van der Waals surface area contributed by atoms with Gasteiger partial charge in [0.2, 0.25) is 10.0 Å². The summed E-state index contributed by atoms with van der Waals surface area (Å²) in [4.78, 5) is 0. The van der Waals surface area contributed by atoms with Crippen LogP contribution in [0.25, 0.3) is 0 Å². The van der Waals surface area contributed by atoms with Crippen molar-refractivity contribution in [3.05, 3.63) is 0 Å². The maximum Gasteiger partial charge on any atom is 0.225 e. The Morgan fingerprint density at radius 2 is 1.83 bits per heavy atom. The van der Waals surface area contributed by atoms with Crippen molar-refractivity contribution in [1.29, 1.82) is 0 Å². The van der Waals surface area contributed by atoms with Crippen molar-refractivity contribution in [3.63, 3.8) is 0 Å². The van der Waals surface area contributed by atoms with Crippen molar-refractivity contribution >= 4 is 21.6 Å². The third-order valence-electron chi connectivity index (χ3n) is 1.35. The maximum absolute atomic E-state index is 10.9. The number of rotatable bonds is 5. The molecule has 0 aliphatic carbocycles. The zero-order valence-electron chi connectivity index (χ0n) is 7.67. The molecule has 12 heavy (non-hydrogen) atoms. The Morgan fingerprint density at radius 1 is 1.33 bits per heavy atom. The quantitative estimate of drug-likeness (QED) is 0.705. The molecule has 0 rings (SSSR count). The molecule has 0 amide bonds. The van der Waals surface area contributed by atoms with Gasteiger partial charge in [0.1, 0.15) is 5.21 Å². The van der Waals surface area contributed by atoms with Crippen LogP contribution in [0.5, 0.6) is 0 Å². The first-order valence-corrected chi connectivity index (χ1v) is 6.12. The summed E-state index contributed by atoms with van der Waals surface area (Å²) in [7, 11) is -3.25. The molecule has 0 heterocycles. The smallest absolute Gasteiger partial charge is 0.211 e. The second kappa shape index (κ2) is 5.04. The zero-order chi connectivity index (χ0) is 9.78. The maximum atomic E-state index is 10.9. The van der Waals surface area contributed by atoms with Gasteiger partial charge in [-0.25, -0.2) is 13.1 Å². The molecule has 74 valence electrons. The zero-order valence-corrected chi connectivity index (χ0v) is 9.24. The predicted octanol–water partition coefficient (Wildman–Crippen LogP) is 1.54. The van der Waals surface area contributed by atoms with Gasteiger partial charge in [-0.2, -0.15) is 0 Å². The third kappa shape index (κ3) is 5.80. The molecule has 0 aliphatic rings. The summed E-state index contributed by atoms with van der Waals surface area (Å²) >= 11 is 5.22. The van der Waals surface area contributed by atoms with Crippen LogP contribution in [0, 0.1) is 5.92 Å². The molecule has 1 N–H and O–H groups in total. The summed E-state index contributed by atoms with van der Waals surface area (Å²) in [6.45, 7) is 5.93. The largest absolute Gasteiger partial charge is 0.225 e. The summed E-state index contributed by atoms with van der Waals surface area (Å²) in [6, 6.07) is -0.0336. The van der Waals surface area contributed by atoms with Crippen molar-refractivity contribution in [2.45, 2.75) is 33.2 Å². The van der Waals surface area contributed by atoms with Gasteiger partial charge in [-0.3, -0.25) is 0 Å². The van der Waals surface area contributed by atoms with Gasteiger partial charge in [-0.1, -0.05) is 13.8 Å². The minimum Gasteiger partial charge on any atom is -0.211 e. The lowest BCUT2D eigenvalue weighted by molar-refractivity contribution is 0.484. The van der Waals surface area contributed by atoms with Crippen LogP contribution in [0.2, 0.25) is 0 Å². The highest BCUT2D eigenvalue weighted by molar-refractivity contribution is 7.90. The standard InChI is InChI=1S/C7H16ClNO2S/c1-6(2)4-7(3)9-12(10,11)5-8/h6-7,9H,4-5H2,1-3H3. The lowest BCUT2D eigenvalue weighted by Gasteiger charge is -2.14. The van der Waals surface area contributed by atoms with E-state index in [1.165, 1.54) is 0 Å². The Bertz CT molecular complexity index is 213. The van der Waals surface area contributed by atoms with Crippen molar-refractivity contribution in [2.24, 2.45) is 5.92 Å².